The van der Waals surface area contributed by atoms with Crippen LogP contribution in [0.5, 0.6) is 11.5 Å². The highest BCUT2D eigenvalue weighted by atomic mass is 16.4. The van der Waals surface area contributed by atoms with Crippen LogP contribution in [0.1, 0.15) is 20.7 Å². The zero-order chi connectivity index (χ0) is 25.4. The molecule has 0 saturated heterocycles. The van der Waals surface area contributed by atoms with Crippen LogP contribution >= 0.6 is 0 Å². The Morgan fingerprint density at radius 2 is 1.11 bits per heavy atom. The number of pyridine rings is 1. The van der Waals surface area contributed by atoms with Gasteiger partial charge in [0.15, 0.2) is 0 Å². The van der Waals surface area contributed by atoms with Gasteiger partial charge in [-0.1, -0.05) is 10.4 Å². The number of rotatable bonds is 6. The fourth-order valence-corrected chi connectivity index (χ4v) is 3.45. The van der Waals surface area contributed by atoms with Crippen molar-refractivity contribution in [3.05, 3.63) is 78.4 Å². The molecule has 0 radical (unpaired) electrons. The maximum absolute atomic E-state index is 11.1. The topological polar surface area (TPSA) is 189 Å². The van der Waals surface area contributed by atoms with E-state index in [1.165, 1.54) is 45.8 Å². The van der Waals surface area contributed by atoms with E-state index in [0.717, 1.165) is 0 Å². The van der Waals surface area contributed by atoms with Gasteiger partial charge < -0.3 is 20.4 Å². The van der Waals surface area contributed by atoms with Gasteiger partial charge in [-0.3, -0.25) is 4.98 Å². The predicted molar refractivity (Wildman–Crippen MR) is 122 cm³/mol. The lowest BCUT2D eigenvalue weighted by molar-refractivity contribution is 0.0682. The van der Waals surface area contributed by atoms with Crippen LogP contribution in [0.15, 0.2) is 67.3 Å². The maximum atomic E-state index is 11.1. The van der Waals surface area contributed by atoms with Gasteiger partial charge in [0.05, 0.1) is 23.8 Å². The summed E-state index contributed by atoms with van der Waals surface area (Å²) in [5.74, 6) is -3.27. The lowest BCUT2D eigenvalue weighted by Gasteiger charge is -2.04. The van der Waals surface area contributed by atoms with Gasteiger partial charge in [0, 0.05) is 35.7 Å². The van der Waals surface area contributed by atoms with Crippen molar-refractivity contribution in [2.75, 3.05) is 0 Å². The van der Waals surface area contributed by atoms with E-state index in [0.29, 0.717) is 33.9 Å². The van der Waals surface area contributed by atoms with Crippen LogP contribution in [0.3, 0.4) is 0 Å². The number of hydrogen-bond donors (Lipinski definition) is 4. The molecule has 0 unspecified atom stereocenters. The van der Waals surface area contributed by atoms with Crippen molar-refractivity contribution in [2.24, 2.45) is 0 Å². The van der Waals surface area contributed by atoms with Gasteiger partial charge in [-0.05, 0) is 30.3 Å². The van der Waals surface area contributed by atoms with Gasteiger partial charge in [0.25, 0.3) is 0 Å². The third-order valence-electron chi connectivity index (χ3n) is 5.27. The molecule has 5 rings (SSSR count). The Balaban J connectivity index is 1.42. The summed E-state index contributed by atoms with van der Waals surface area (Å²) in [5, 5.41) is 54.3. The molecule has 0 amide bonds. The second-order valence-electron chi connectivity index (χ2n) is 7.57. The third-order valence-corrected chi connectivity index (χ3v) is 5.27. The average molecular weight is 485 g/mol. The molecule has 13 heteroatoms. The quantitative estimate of drug-likeness (QED) is 0.276. The lowest BCUT2D eigenvalue weighted by atomic mass is 10.1. The first kappa shape index (κ1) is 22.2. The first-order valence-electron chi connectivity index (χ1n) is 10.2. The first-order valence-corrected chi connectivity index (χ1v) is 10.2. The van der Waals surface area contributed by atoms with Gasteiger partial charge in [0.1, 0.15) is 34.0 Å². The van der Waals surface area contributed by atoms with E-state index in [1.54, 1.807) is 30.9 Å². The molecule has 0 spiro atoms. The number of hydrogen-bond acceptors (Lipinski definition) is 9. The van der Waals surface area contributed by atoms with Crippen LogP contribution in [0.2, 0.25) is 0 Å². The van der Waals surface area contributed by atoms with E-state index >= 15 is 0 Å². The second kappa shape index (κ2) is 8.64. The molecule has 5 aromatic rings. The number of carboxylic acids is 2. The van der Waals surface area contributed by atoms with E-state index in [9.17, 15) is 19.8 Å². The largest absolute Gasteiger partial charge is 0.507 e. The van der Waals surface area contributed by atoms with E-state index in [-0.39, 0.29) is 11.1 Å². The summed E-state index contributed by atoms with van der Waals surface area (Å²) in [6, 6.07) is 9.85. The molecular formula is C23H15N7O6. The minimum atomic E-state index is -1.24. The number of aromatic hydroxyl groups is 2. The van der Waals surface area contributed by atoms with Crippen molar-refractivity contribution < 1.29 is 30.0 Å². The Morgan fingerprint density at radius 3 is 1.50 bits per heavy atom. The fraction of sp³-hybridized carbons (Fsp3) is 0. The van der Waals surface area contributed by atoms with Crippen molar-refractivity contribution in [2.45, 2.75) is 0 Å². The molecule has 13 nitrogen and oxygen atoms in total. The molecule has 0 saturated carbocycles. The number of aromatic nitrogens is 7. The molecule has 0 aliphatic rings. The van der Waals surface area contributed by atoms with Crippen molar-refractivity contribution in [1.29, 1.82) is 0 Å². The first-order chi connectivity index (χ1) is 17.3. The Morgan fingerprint density at radius 1 is 0.667 bits per heavy atom. The van der Waals surface area contributed by atoms with E-state index in [4.69, 9.17) is 10.2 Å². The highest BCUT2D eigenvalue weighted by Gasteiger charge is 2.15. The minimum Gasteiger partial charge on any atom is -0.507 e. The number of carbonyl (C=O) groups is 2. The lowest BCUT2D eigenvalue weighted by Crippen LogP contribution is -1.99. The molecule has 178 valence electrons. The summed E-state index contributed by atoms with van der Waals surface area (Å²) in [4.78, 5) is 26.4. The Bertz CT molecular complexity index is 1520. The summed E-state index contributed by atoms with van der Waals surface area (Å²) in [7, 11) is 0. The molecule has 0 aliphatic carbocycles. The van der Waals surface area contributed by atoms with Crippen LogP contribution in [-0.2, 0) is 0 Å². The second-order valence-corrected chi connectivity index (χ2v) is 7.57. The van der Waals surface area contributed by atoms with E-state index < -0.39 is 23.4 Å². The number of aromatic carboxylic acids is 2. The number of carboxylic acid groups (broad SMARTS) is 2. The normalized spacial score (nSPS) is 10.9. The van der Waals surface area contributed by atoms with Crippen LogP contribution in [0, 0.1) is 0 Å². The van der Waals surface area contributed by atoms with Crippen molar-refractivity contribution in [3.63, 3.8) is 0 Å². The van der Waals surface area contributed by atoms with Gasteiger partial charge in [-0.15, -0.1) is 10.2 Å². The molecule has 4 N–H and O–H groups in total. The van der Waals surface area contributed by atoms with Crippen LogP contribution in [0.4, 0.5) is 0 Å². The monoisotopic (exact) mass is 485 g/mol. The molecular weight excluding hydrogens is 470 g/mol. The highest BCUT2D eigenvalue weighted by molar-refractivity contribution is 5.91. The Labute approximate surface area is 201 Å². The molecule has 0 aliphatic heterocycles. The fourth-order valence-electron chi connectivity index (χ4n) is 3.45. The van der Waals surface area contributed by atoms with E-state index in [1.807, 2.05) is 0 Å². The zero-order valence-corrected chi connectivity index (χ0v) is 18.1. The smallest absolute Gasteiger partial charge is 0.339 e. The highest BCUT2D eigenvalue weighted by Crippen LogP contribution is 2.26. The summed E-state index contributed by atoms with van der Waals surface area (Å²) in [6.07, 6.45) is 6.35. The molecule has 36 heavy (non-hydrogen) atoms. The summed E-state index contributed by atoms with van der Waals surface area (Å²) < 4.78 is 2.77. The van der Waals surface area contributed by atoms with Crippen LogP contribution < -0.4 is 0 Å². The number of phenols is 2. The van der Waals surface area contributed by atoms with Gasteiger partial charge >= 0.3 is 11.9 Å². The van der Waals surface area contributed by atoms with Crippen LogP contribution in [0.25, 0.3) is 33.9 Å². The number of nitrogens with zero attached hydrogens (tertiary/aromatic N) is 7. The molecule has 0 fully saturated rings. The summed E-state index contributed by atoms with van der Waals surface area (Å²) in [6.45, 7) is 0. The Kier molecular flexibility index (Phi) is 5.33. The van der Waals surface area contributed by atoms with Crippen molar-refractivity contribution in [1.82, 2.24) is 35.0 Å². The third kappa shape index (κ3) is 4.07. The molecule has 3 aromatic heterocycles. The van der Waals surface area contributed by atoms with Gasteiger partial charge in [0.2, 0.25) is 0 Å². The molecule has 3 heterocycles. The Hall–Kier alpha value is -5.59. The standard InChI is InChI=1S/C23H15N7O6/c31-20-6-14(1-3-16(20)22(33)34)29-10-18(25-27-29)12-5-13(9-24-8-12)19-11-30(28-26-19)15-2-4-17(23(35)36)21(32)7-15/h1-11,31-32H,(H,33,34)(H,35,36). The summed E-state index contributed by atoms with van der Waals surface area (Å²) >= 11 is 0. The molecule has 0 atom stereocenters. The molecule has 2 aromatic carbocycles. The molecule has 0 bridgehead atoms. The zero-order valence-electron chi connectivity index (χ0n) is 18.1. The summed E-state index contributed by atoms with van der Waals surface area (Å²) in [5.41, 5.74) is 2.54. The number of benzene rings is 2. The maximum Gasteiger partial charge on any atom is 0.339 e. The predicted octanol–water partition coefficient (Wildman–Crippen LogP) is 2.38. The average Bonchev–Trinajstić information content (AvgIpc) is 3.54. The SMILES string of the molecule is O=C(O)c1ccc(-n2cc(-c3cncc(-c4cn(-c5ccc(C(=O)O)c(O)c5)nn4)c3)nn2)cc1O. The van der Waals surface area contributed by atoms with Crippen molar-refractivity contribution in [3.8, 4) is 45.4 Å². The minimum absolute atomic E-state index is 0.225. The van der Waals surface area contributed by atoms with Gasteiger partial charge in [-0.25, -0.2) is 19.0 Å². The van der Waals surface area contributed by atoms with Gasteiger partial charge in [-0.2, -0.15) is 0 Å². The van der Waals surface area contributed by atoms with Crippen LogP contribution in [-0.4, -0.2) is 67.3 Å². The van der Waals surface area contributed by atoms with Crippen molar-refractivity contribution >= 4 is 11.9 Å². The van der Waals surface area contributed by atoms with E-state index in [2.05, 4.69) is 25.6 Å².